The van der Waals surface area contributed by atoms with E-state index in [4.69, 9.17) is 5.73 Å². The molecule has 0 bridgehead atoms. The Kier molecular flexibility index (Phi) is 4.06. The van der Waals surface area contributed by atoms with E-state index < -0.39 is 29.6 Å². The van der Waals surface area contributed by atoms with E-state index in [0.29, 0.717) is 12.8 Å². The van der Waals surface area contributed by atoms with Crippen LogP contribution in [0.1, 0.15) is 39.5 Å². The maximum atomic E-state index is 12.8. The van der Waals surface area contributed by atoms with Gasteiger partial charge in [-0.15, -0.1) is 0 Å². The number of primary amides is 1. The molecule has 3 nitrogen and oxygen atoms in total. The summed E-state index contributed by atoms with van der Waals surface area (Å²) >= 11 is 0. The van der Waals surface area contributed by atoms with E-state index in [1.165, 1.54) is 13.8 Å². The van der Waals surface area contributed by atoms with Crippen molar-refractivity contribution in [1.29, 1.82) is 0 Å². The van der Waals surface area contributed by atoms with Crippen LogP contribution in [-0.4, -0.2) is 23.7 Å². The van der Waals surface area contributed by atoms with Gasteiger partial charge in [0.2, 0.25) is 5.91 Å². The lowest BCUT2D eigenvalue weighted by Gasteiger charge is -2.38. The molecule has 0 spiro atoms. The van der Waals surface area contributed by atoms with E-state index in [9.17, 15) is 18.0 Å². The predicted molar refractivity (Wildman–Crippen MR) is 58.2 cm³/mol. The fourth-order valence-electron chi connectivity index (χ4n) is 2.23. The van der Waals surface area contributed by atoms with Gasteiger partial charge in [0.15, 0.2) is 0 Å². The number of hydrogen-bond acceptors (Lipinski definition) is 2. The normalized spacial score (nSPS) is 26.9. The predicted octanol–water partition coefficient (Wildman–Crippen LogP) is 1.96. The first-order valence-electron chi connectivity index (χ1n) is 5.79. The smallest absolute Gasteiger partial charge is 0.368 e. The second-order valence-electron chi connectivity index (χ2n) is 5.17. The number of carbonyl (C=O) groups is 1. The minimum Gasteiger partial charge on any atom is -0.368 e. The lowest BCUT2D eigenvalue weighted by molar-refractivity contribution is -0.190. The van der Waals surface area contributed by atoms with Crippen molar-refractivity contribution in [1.82, 2.24) is 5.32 Å². The van der Waals surface area contributed by atoms with Crippen molar-refractivity contribution in [3.05, 3.63) is 0 Å². The summed E-state index contributed by atoms with van der Waals surface area (Å²) in [5, 5.41) is 2.76. The minimum absolute atomic E-state index is 0.121. The molecule has 0 aromatic carbocycles. The largest absolute Gasteiger partial charge is 0.393 e. The molecule has 0 aromatic heterocycles. The molecule has 0 heterocycles. The average Bonchev–Trinajstić information content (AvgIpc) is 2.15. The standard InChI is InChI=1S/C11H19F3N2O/c1-10(2,9(15)17)16-8-6-4-3-5-7(8)11(12,13)14/h7-8,16H,3-6H2,1-2H3,(H2,15,17). The van der Waals surface area contributed by atoms with Gasteiger partial charge in [-0.25, -0.2) is 0 Å². The van der Waals surface area contributed by atoms with Gasteiger partial charge in [-0.05, 0) is 26.7 Å². The van der Waals surface area contributed by atoms with Crippen molar-refractivity contribution in [3.8, 4) is 0 Å². The van der Waals surface area contributed by atoms with Crippen molar-refractivity contribution < 1.29 is 18.0 Å². The van der Waals surface area contributed by atoms with Crippen LogP contribution in [-0.2, 0) is 4.79 Å². The molecule has 1 saturated carbocycles. The minimum atomic E-state index is -4.22. The summed E-state index contributed by atoms with van der Waals surface area (Å²) in [6.07, 6.45) is -2.33. The van der Waals surface area contributed by atoms with E-state index in [-0.39, 0.29) is 6.42 Å². The van der Waals surface area contributed by atoms with Gasteiger partial charge in [0.25, 0.3) is 0 Å². The summed E-state index contributed by atoms with van der Waals surface area (Å²) in [5.74, 6) is -2.01. The number of carbonyl (C=O) groups excluding carboxylic acids is 1. The first kappa shape index (κ1) is 14.3. The summed E-state index contributed by atoms with van der Waals surface area (Å²) in [7, 11) is 0. The molecule has 1 rings (SSSR count). The zero-order valence-corrected chi connectivity index (χ0v) is 10.1. The summed E-state index contributed by atoms with van der Waals surface area (Å²) in [5.41, 5.74) is 4.05. The molecule has 0 aliphatic heterocycles. The number of nitrogens with two attached hydrogens (primary N) is 1. The third kappa shape index (κ3) is 3.59. The van der Waals surface area contributed by atoms with Crippen molar-refractivity contribution >= 4 is 5.91 Å². The maximum Gasteiger partial charge on any atom is 0.393 e. The highest BCUT2D eigenvalue weighted by Gasteiger charge is 2.47. The van der Waals surface area contributed by atoms with Crippen LogP contribution in [0.25, 0.3) is 0 Å². The maximum absolute atomic E-state index is 12.8. The quantitative estimate of drug-likeness (QED) is 0.806. The molecule has 3 N–H and O–H groups in total. The van der Waals surface area contributed by atoms with Crippen molar-refractivity contribution in [2.45, 2.75) is 57.3 Å². The molecule has 2 unspecified atom stereocenters. The van der Waals surface area contributed by atoms with E-state index in [1.807, 2.05) is 0 Å². The van der Waals surface area contributed by atoms with Crippen LogP contribution < -0.4 is 11.1 Å². The van der Waals surface area contributed by atoms with Gasteiger partial charge in [0, 0.05) is 6.04 Å². The highest BCUT2D eigenvalue weighted by Crippen LogP contribution is 2.38. The number of halogens is 3. The number of rotatable bonds is 3. The third-order valence-corrected chi connectivity index (χ3v) is 3.35. The van der Waals surface area contributed by atoms with Crippen LogP contribution in [0.4, 0.5) is 13.2 Å². The molecule has 17 heavy (non-hydrogen) atoms. The molecule has 6 heteroatoms. The fourth-order valence-corrected chi connectivity index (χ4v) is 2.23. The molecule has 2 atom stereocenters. The lowest BCUT2D eigenvalue weighted by atomic mass is 9.82. The highest BCUT2D eigenvalue weighted by molar-refractivity contribution is 5.83. The van der Waals surface area contributed by atoms with Gasteiger partial charge in [0.1, 0.15) is 0 Å². The van der Waals surface area contributed by atoms with Crippen LogP contribution in [0, 0.1) is 5.92 Å². The SMILES string of the molecule is CC(C)(NC1CCCCC1C(F)(F)F)C(N)=O. The Morgan fingerprint density at radius 1 is 1.24 bits per heavy atom. The Morgan fingerprint density at radius 3 is 2.24 bits per heavy atom. The summed E-state index contributed by atoms with van der Waals surface area (Å²) in [6, 6.07) is -0.716. The molecular formula is C11H19F3N2O. The van der Waals surface area contributed by atoms with Crippen molar-refractivity contribution in [2.75, 3.05) is 0 Å². The van der Waals surface area contributed by atoms with Crippen LogP contribution in [0.5, 0.6) is 0 Å². The van der Waals surface area contributed by atoms with E-state index in [2.05, 4.69) is 5.32 Å². The molecule has 100 valence electrons. The molecule has 1 aliphatic carbocycles. The molecule has 0 radical (unpaired) electrons. The third-order valence-electron chi connectivity index (χ3n) is 3.35. The summed E-state index contributed by atoms with van der Waals surface area (Å²) in [6.45, 7) is 3.02. The van der Waals surface area contributed by atoms with Crippen molar-refractivity contribution in [2.24, 2.45) is 11.7 Å². The summed E-state index contributed by atoms with van der Waals surface area (Å²) < 4.78 is 38.4. The van der Waals surface area contributed by atoms with E-state index >= 15 is 0 Å². The van der Waals surface area contributed by atoms with Crippen molar-refractivity contribution in [3.63, 3.8) is 0 Å². The molecule has 1 amide bonds. The molecular weight excluding hydrogens is 233 g/mol. The fraction of sp³-hybridized carbons (Fsp3) is 0.909. The zero-order valence-electron chi connectivity index (χ0n) is 10.1. The summed E-state index contributed by atoms with van der Waals surface area (Å²) in [4.78, 5) is 11.1. The van der Waals surface area contributed by atoms with Gasteiger partial charge in [0.05, 0.1) is 11.5 Å². The van der Waals surface area contributed by atoms with Crippen LogP contribution in [0.2, 0.25) is 0 Å². The Hall–Kier alpha value is -0.780. The second-order valence-corrected chi connectivity index (χ2v) is 5.17. The topological polar surface area (TPSA) is 55.1 Å². The van der Waals surface area contributed by atoms with Gasteiger partial charge in [-0.1, -0.05) is 12.8 Å². The lowest BCUT2D eigenvalue weighted by Crippen LogP contribution is -2.58. The Balaban J connectivity index is 2.76. The Bertz CT molecular complexity index is 289. The molecule has 0 aromatic rings. The number of hydrogen-bond donors (Lipinski definition) is 2. The van der Waals surface area contributed by atoms with Crippen LogP contribution in [0.15, 0.2) is 0 Å². The van der Waals surface area contributed by atoms with Gasteiger partial charge in [-0.2, -0.15) is 13.2 Å². The molecule has 1 fully saturated rings. The molecule has 0 saturated heterocycles. The monoisotopic (exact) mass is 252 g/mol. The first-order valence-corrected chi connectivity index (χ1v) is 5.79. The van der Waals surface area contributed by atoms with E-state index in [0.717, 1.165) is 6.42 Å². The number of nitrogens with one attached hydrogen (secondary N) is 1. The average molecular weight is 252 g/mol. The highest BCUT2D eigenvalue weighted by atomic mass is 19.4. The van der Waals surface area contributed by atoms with Crippen LogP contribution >= 0.6 is 0 Å². The Morgan fingerprint density at radius 2 is 1.76 bits per heavy atom. The van der Waals surface area contributed by atoms with Gasteiger partial charge in [-0.3, -0.25) is 4.79 Å². The first-order chi connectivity index (χ1) is 7.64. The van der Waals surface area contributed by atoms with Gasteiger partial charge >= 0.3 is 6.18 Å². The van der Waals surface area contributed by atoms with E-state index in [1.54, 1.807) is 0 Å². The van der Waals surface area contributed by atoms with Crippen LogP contribution in [0.3, 0.4) is 0 Å². The second kappa shape index (κ2) is 4.84. The van der Waals surface area contributed by atoms with Gasteiger partial charge < -0.3 is 11.1 Å². The molecule has 1 aliphatic rings. The zero-order chi connectivity index (χ0) is 13.3. The number of alkyl halides is 3. The Labute approximate surface area is 98.9 Å². The number of amides is 1.